The average molecular weight is 368 g/mol. The number of aryl methyl sites for hydroxylation is 1. The zero-order chi connectivity index (χ0) is 14.8. The first-order valence-electron chi connectivity index (χ1n) is 6.78. The Balaban J connectivity index is 1.96. The van der Waals surface area contributed by atoms with Crippen LogP contribution in [0.15, 0.2) is 32.7 Å². The first-order chi connectivity index (χ1) is 10.1. The van der Waals surface area contributed by atoms with Crippen molar-refractivity contribution in [2.45, 2.75) is 42.3 Å². The van der Waals surface area contributed by atoms with Crippen LogP contribution in [0.2, 0.25) is 0 Å². The fourth-order valence-electron chi connectivity index (χ4n) is 2.39. The van der Waals surface area contributed by atoms with Gasteiger partial charge in [0.2, 0.25) is 0 Å². The molecule has 0 saturated heterocycles. The van der Waals surface area contributed by atoms with Crippen molar-refractivity contribution in [3.8, 4) is 0 Å². The first kappa shape index (κ1) is 14.6. The standard InChI is InChI=1S/C14H14BrN3O2S/c15-9-5-6-10(13(19)20)11(8-9)21-14-17-16-12-4-2-1-3-7-18(12)14/h5-6,8H,1-4,7H2,(H,19,20). The second-order valence-corrected chi connectivity index (χ2v) is 6.83. The highest BCUT2D eigenvalue weighted by Gasteiger charge is 2.18. The maximum atomic E-state index is 11.3. The van der Waals surface area contributed by atoms with Crippen LogP contribution in [-0.2, 0) is 13.0 Å². The Bertz CT molecular complexity index is 687. The number of hydrogen-bond acceptors (Lipinski definition) is 4. The van der Waals surface area contributed by atoms with Crippen molar-refractivity contribution in [1.29, 1.82) is 0 Å². The summed E-state index contributed by atoms with van der Waals surface area (Å²) >= 11 is 4.75. The molecule has 0 unspecified atom stereocenters. The molecule has 0 atom stereocenters. The van der Waals surface area contributed by atoms with Crippen molar-refractivity contribution in [2.75, 3.05) is 0 Å². The lowest BCUT2D eigenvalue weighted by Crippen LogP contribution is -2.03. The van der Waals surface area contributed by atoms with Crippen molar-refractivity contribution in [2.24, 2.45) is 0 Å². The molecule has 0 fully saturated rings. The largest absolute Gasteiger partial charge is 0.478 e. The average Bonchev–Trinajstić information content (AvgIpc) is 2.68. The van der Waals surface area contributed by atoms with Gasteiger partial charge in [-0.05, 0) is 42.8 Å². The maximum Gasteiger partial charge on any atom is 0.336 e. The molecule has 110 valence electrons. The molecular weight excluding hydrogens is 354 g/mol. The SMILES string of the molecule is O=C(O)c1ccc(Br)cc1Sc1nnc2n1CCCCC2. The Morgan fingerprint density at radius 3 is 2.95 bits per heavy atom. The fourth-order valence-corrected chi connectivity index (χ4v) is 3.94. The van der Waals surface area contributed by atoms with Gasteiger partial charge in [0, 0.05) is 22.3 Å². The molecule has 1 aliphatic heterocycles. The minimum Gasteiger partial charge on any atom is -0.478 e. The number of carboxylic acids is 1. The Morgan fingerprint density at radius 2 is 2.14 bits per heavy atom. The predicted molar refractivity (Wildman–Crippen MR) is 82.8 cm³/mol. The van der Waals surface area contributed by atoms with Crippen molar-refractivity contribution in [1.82, 2.24) is 14.8 Å². The summed E-state index contributed by atoms with van der Waals surface area (Å²) in [4.78, 5) is 12.0. The van der Waals surface area contributed by atoms with Gasteiger partial charge >= 0.3 is 5.97 Å². The van der Waals surface area contributed by atoms with Crippen LogP contribution in [0.3, 0.4) is 0 Å². The van der Waals surface area contributed by atoms with E-state index in [1.165, 1.54) is 18.2 Å². The maximum absolute atomic E-state index is 11.3. The van der Waals surface area contributed by atoms with E-state index in [9.17, 15) is 9.90 Å². The second-order valence-electron chi connectivity index (χ2n) is 4.91. The number of halogens is 1. The Morgan fingerprint density at radius 1 is 1.29 bits per heavy atom. The summed E-state index contributed by atoms with van der Waals surface area (Å²) in [5, 5.41) is 18.5. The highest BCUT2D eigenvalue weighted by molar-refractivity contribution is 9.10. The third kappa shape index (κ3) is 3.13. The monoisotopic (exact) mass is 367 g/mol. The summed E-state index contributed by atoms with van der Waals surface area (Å²) in [6.07, 6.45) is 4.39. The predicted octanol–water partition coefficient (Wildman–Crippen LogP) is 3.62. The molecule has 2 aromatic rings. The van der Waals surface area contributed by atoms with Crippen LogP contribution in [0, 0.1) is 0 Å². The highest BCUT2D eigenvalue weighted by Crippen LogP contribution is 2.33. The first-order valence-corrected chi connectivity index (χ1v) is 8.39. The molecule has 1 aliphatic rings. The number of fused-ring (bicyclic) bond motifs is 1. The van der Waals surface area contributed by atoms with Crippen LogP contribution in [0.1, 0.15) is 35.4 Å². The Hall–Kier alpha value is -1.34. The van der Waals surface area contributed by atoms with Gasteiger partial charge in [0.25, 0.3) is 0 Å². The van der Waals surface area contributed by atoms with E-state index < -0.39 is 5.97 Å². The van der Waals surface area contributed by atoms with E-state index in [1.54, 1.807) is 12.1 Å². The number of aromatic nitrogens is 3. The van der Waals surface area contributed by atoms with Crippen LogP contribution in [0.4, 0.5) is 0 Å². The smallest absolute Gasteiger partial charge is 0.336 e. The molecule has 0 bridgehead atoms. The normalized spacial score (nSPS) is 14.5. The van der Waals surface area contributed by atoms with Crippen LogP contribution < -0.4 is 0 Å². The summed E-state index contributed by atoms with van der Waals surface area (Å²) in [7, 11) is 0. The van der Waals surface area contributed by atoms with Crippen molar-refractivity contribution < 1.29 is 9.90 Å². The number of hydrogen-bond donors (Lipinski definition) is 1. The van der Waals surface area contributed by atoms with Gasteiger partial charge in [0.05, 0.1) is 5.56 Å². The van der Waals surface area contributed by atoms with E-state index in [4.69, 9.17) is 0 Å². The van der Waals surface area contributed by atoms with E-state index in [0.29, 0.717) is 4.90 Å². The van der Waals surface area contributed by atoms with Gasteiger partial charge in [0.1, 0.15) is 5.82 Å². The topological polar surface area (TPSA) is 68.0 Å². The lowest BCUT2D eigenvalue weighted by atomic mass is 10.2. The molecule has 7 heteroatoms. The zero-order valence-electron chi connectivity index (χ0n) is 11.3. The summed E-state index contributed by atoms with van der Waals surface area (Å²) in [5.74, 6) is 0.0717. The number of carboxylic acid groups (broad SMARTS) is 1. The molecule has 0 amide bonds. The highest BCUT2D eigenvalue weighted by atomic mass is 79.9. The van der Waals surface area contributed by atoms with Crippen LogP contribution >= 0.6 is 27.7 Å². The van der Waals surface area contributed by atoms with E-state index in [-0.39, 0.29) is 5.56 Å². The fraction of sp³-hybridized carbons (Fsp3) is 0.357. The molecule has 1 N–H and O–H groups in total. The summed E-state index contributed by atoms with van der Waals surface area (Å²) < 4.78 is 2.97. The van der Waals surface area contributed by atoms with E-state index in [0.717, 1.165) is 41.3 Å². The van der Waals surface area contributed by atoms with Crippen LogP contribution in [-0.4, -0.2) is 25.8 Å². The third-order valence-corrected chi connectivity index (χ3v) is 4.99. The van der Waals surface area contributed by atoms with E-state index in [1.807, 2.05) is 6.07 Å². The van der Waals surface area contributed by atoms with Gasteiger partial charge in [-0.15, -0.1) is 10.2 Å². The Kier molecular flexibility index (Phi) is 4.30. The molecular formula is C14H14BrN3O2S. The minimum atomic E-state index is -0.930. The minimum absolute atomic E-state index is 0.286. The summed E-state index contributed by atoms with van der Waals surface area (Å²) in [6.45, 7) is 0.904. The molecule has 0 radical (unpaired) electrons. The molecule has 21 heavy (non-hydrogen) atoms. The van der Waals surface area contributed by atoms with Crippen molar-refractivity contribution in [3.63, 3.8) is 0 Å². The summed E-state index contributed by atoms with van der Waals surface area (Å²) in [6, 6.07) is 5.15. The van der Waals surface area contributed by atoms with Crippen molar-refractivity contribution in [3.05, 3.63) is 34.1 Å². The van der Waals surface area contributed by atoms with Gasteiger partial charge in [-0.3, -0.25) is 0 Å². The van der Waals surface area contributed by atoms with Gasteiger partial charge in [0.15, 0.2) is 5.16 Å². The van der Waals surface area contributed by atoms with Gasteiger partial charge in [-0.1, -0.05) is 22.4 Å². The molecule has 1 aromatic carbocycles. The van der Waals surface area contributed by atoms with Crippen molar-refractivity contribution >= 4 is 33.7 Å². The molecule has 0 saturated carbocycles. The molecule has 5 nitrogen and oxygen atoms in total. The number of benzene rings is 1. The van der Waals surface area contributed by atoms with Gasteiger partial charge in [-0.2, -0.15) is 0 Å². The number of nitrogens with zero attached hydrogens (tertiary/aromatic N) is 3. The molecule has 1 aromatic heterocycles. The lowest BCUT2D eigenvalue weighted by molar-refractivity contribution is 0.0693. The molecule has 0 spiro atoms. The third-order valence-electron chi connectivity index (χ3n) is 3.45. The molecule has 0 aliphatic carbocycles. The number of aromatic carboxylic acids is 1. The summed E-state index contributed by atoms with van der Waals surface area (Å²) in [5.41, 5.74) is 0.286. The second kappa shape index (κ2) is 6.19. The Labute approximate surface area is 134 Å². The van der Waals surface area contributed by atoms with Gasteiger partial charge < -0.3 is 9.67 Å². The molecule has 2 heterocycles. The lowest BCUT2D eigenvalue weighted by Gasteiger charge is -2.08. The van der Waals surface area contributed by atoms with Crippen LogP contribution in [0.25, 0.3) is 0 Å². The van der Waals surface area contributed by atoms with Crippen LogP contribution in [0.5, 0.6) is 0 Å². The number of carbonyl (C=O) groups is 1. The van der Waals surface area contributed by atoms with Gasteiger partial charge in [-0.25, -0.2) is 4.79 Å². The van der Waals surface area contributed by atoms with E-state index in [2.05, 4.69) is 30.7 Å². The molecule has 3 rings (SSSR count). The van der Waals surface area contributed by atoms with E-state index >= 15 is 0 Å². The number of rotatable bonds is 3. The zero-order valence-corrected chi connectivity index (χ0v) is 13.7. The quantitative estimate of drug-likeness (QED) is 0.896.